The number of H-pyrrole nitrogens is 1. The average Bonchev–Trinajstić information content (AvgIpc) is 2.65. The van der Waals surface area contributed by atoms with Gasteiger partial charge in [0.15, 0.2) is 0 Å². The van der Waals surface area contributed by atoms with Crippen molar-refractivity contribution in [3.8, 4) is 0 Å². The first-order valence-corrected chi connectivity index (χ1v) is 4.94. The lowest BCUT2D eigenvalue weighted by molar-refractivity contribution is 0.0924. The van der Waals surface area contributed by atoms with Crippen molar-refractivity contribution in [3.05, 3.63) is 18.0 Å². The third-order valence-electron chi connectivity index (χ3n) is 2.32. The molecule has 0 aromatic carbocycles. The molecule has 1 amide bonds. The van der Waals surface area contributed by atoms with Crippen molar-refractivity contribution in [2.45, 2.75) is 33.2 Å². The van der Waals surface area contributed by atoms with E-state index in [1.807, 2.05) is 0 Å². The Labute approximate surface area is 84.1 Å². The summed E-state index contributed by atoms with van der Waals surface area (Å²) in [5, 5.41) is 9.33. The van der Waals surface area contributed by atoms with Crippen molar-refractivity contribution in [1.82, 2.24) is 15.5 Å². The molecule has 0 saturated heterocycles. The summed E-state index contributed by atoms with van der Waals surface area (Å²) in [4.78, 5) is 11.6. The van der Waals surface area contributed by atoms with Crippen molar-refractivity contribution in [2.75, 3.05) is 0 Å². The van der Waals surface area contributed by atoms with E-state index >= 15 is 0 Å². The molecule has 0 spiro atoms. The van der Waals surface area contributed by atoms with Gasteiger partial charge in [0.05, 0.1) is 11.8 Å². The predicted octanol–water partition coefficient (Wildman–Crippen LogP) is 1.57. The molecule has 0 aliphatic rings. The van der Waals surface area contributed by atoms with Crippen LogP contribution < -0.4 is 5.32 Å². The standard InChI is InChI=1S/C10H17N3O/c1-4-9(7(2)3)13-10(14)8-5-11-12-6-8/h5-7,9H,4H2,1-3H3,(H,11,12)(H,13,14). The minimum atomic E-state index is -0.0562. The second-order valence-electron chi connectivity index (χ2n) is 3.72. The first kappa shape index (κ1) is 10.8. The highest BCUT2D eigenvalue weighted by molar-refractivity contribution is 5.93. The van der Waals surface area contributed by atoms with Gasteiger partial charge in [0.2, 0.25) is 0 Å². The van der Waals surface area contributed by atoms with E-state index in [1.165, 1.54) is 6.20 Å². The average molecular weight is 195 g/mol. The molecule has 1 atom stereocenters. The van der Waals surface area contributed by atoms with Gasteiger partial charge in [-0.3, -0.25) is 9.89 Å². The summed E-state index contributed by atoms with van der Waals surface area (Å²) < 4.78 is 0. The van der Waals surface area contributed by atoms with Gasteiger partial charge in [-0.05, 0) is 12.3 Å². The molecule has 1 aromatic rings. The smallest absolute Gasteiger partial charge is 0.254 e. The maximum atomic E-state index is 11.6. The number of nitrogens with zero attached hydrogens (tertiary/aromatic N) is 1. The molecule has 14 heavy (non-hydrogen) atoms. The molecule has 1 unspecified atom stereocenters. The minimum Gasteiger partial charge on any atom is -0.349 e. The SMILES string of the molecule is CCC(NC(=O)c1cn[nH]c1)C(C)C. The number of carbonyl (C=O) groups excluding carboxylic acids is 1. The fourth-order valence-electron chi connectivity index (χ4n) is 1.37. The summed E-state index contributed by atoms with van der Waals surface area (Å²) in [6.07, 6.45) is 4.08. The quantitative estimate of drug-likeness (QED) is 0.766. The number of nitrogens with one attached hydrogen (secondary N) is 2. The lowest BCUT2D eigenvalue weighted by Gasteiger charge is -2.20. The Balaban J connectivity index is 2.56. The van der Waals surface area contributed by atoms with Crippen LogP contribution in [0.4, 0.5) is 0 Å². The van der Waals surface area contributed by atoms with Gasteiger partial charge in [-0.15, -0.1) is 0 Å². The highest BCUT2D eigenvalue weighted by Crippen LogP contribution is 2.06. The normalized spacial score (nSPS) is 12.9. The molecule has 4 nitrogen and oxygen atoms in total. The Morgan fingerprint density at radius 3 is 2.79 bits per heavy atom. The van der Waals surface area contributed by atoms with E-state index in [0.29, 0.717) is 11.5 Å². The van der Waals surface area contributed by atoms with Crippen LogP contribution in [0.15, 0.2) is 12.4 Å². The Morgan fingerprint density at radius 2 is 2.36 bits per heavy atom. The van der Waals surface area contributed by atoms with E-state index < -0.39 is 0 Å². The second kappa shape index (κ2) is 4.79. The highest BCUT2D eigenvalue weighted by atomic mass is 16.1. The van der Waals surface area contributed by atoms with Gasteiger partial charge in [0.1, 0.15) is 0 Å². The number of aromatic amines is 1. The number of rotatable bonds is 4. The zero-order valence-electron chi connectivity index (χ0n) is 8.87. The molecule has 0 fully saturated rings. The van der Waals surface area contributed by atoms with E-state index in [0.717, 1.165) is 6.42 Å². The first-order chi connectivity index (χ1) is 6.65. The highest BCUT2D eigenvalue weighted by Gasteiger charge is 2.15. The van der Waals surface area contributed by atoms with Gasteiger partial charge in [0.25, 0.3) is 5.91 Å². The van der Waals surface area contributed by atoms with Crippen LogP contribution in [0.2, 0.25) is 0 Å². The van der Waals surface area contributed by atoms with Crippen molar-refractivity contribution in [1.29, 1.82) is 0 Å². The van der Waals surface area contributed by atoms with Gasteiger partial charge in [-0.2, -0.15) is 5.10 Å². The van der Waals surface area contributed by atoms with Gasteiger partial charge in [-0.1, -0.05) is 20.8 Å². The van der Waals surface area contributed by atoms with Crippen molar-refractivity contribution in [3.63, 3.8) is 0 Å². The molecule has 1 rings (SSSR count). The fourth-order valence-corrected chi connectivity index (χ4v) is 1.37. The lowest BCUT2D eigenvalue weighted by atomic mass is 10.0. The van der Waals surface area contributed by atoms with Crippen LogP contribution in [0, 0.1) is 5.92 Å². The molecule has 0 saturated carbocycles. The summed E-state index contributed by atoms with van der Waals surface area (Å²) in [7, 11) is 0. The topological polar surface area (TPSA) is 57.8 Å². The molecule has 1 aromatic heterocycles. The monoisotopic (exact) mass is 195 g/mol. The van der Waals surface area contributed by atoms with Gasteiger partial charge in [0, 0.05) is 12.2 Å². The van der Waals surface area contributed by atoms with E-state index in [-0.39, 0.29) is 11.9 Å². The second-order valence-corrected chi connectivity index (χ2v) is 3.72. The van der Waals surface area contributed by atoms with Crippen LogP contribution in [0.25, 0.3) is 0 Å². The van der Waals surface area contributed by atoms with Crippen LogP contribution in [-0.2, 0) is 0 Å². The van der Waals surface area contributed by atoms with Crippen LogP contribution in [0.3, 0.4) is 0 Å². The Bertz CT molecular complexity index is 280. The zero-order valence-corrected chi connectivity index (χ0v) is 8.87. The Kier molecular flexibility index (Phi) is 3.68. The molecule has 1 heterocycles. The van der Waals surface area contributed by atoms with Crippen molar-refractivity contribution < 1.29 is 4.79 Å². The van der Waals surface area contributed by atoms with E-state index in [1.54, 1.807) is 6.20 Å². The fraction of sp³-hybridized carbons (Fsp3) is 0.600. The number of hydrogen-bond acceptors (Lipinski definition) is 2. The molecule has 78 valence electrons. The Morgan fingerprint density at radius 1 is 1.64 bits per heavy atom. The maximum absolute atomic E-state index is 11.6. The van der Waals surface area contributed by atoms with E-state index in [9.17, 15) is 4.79 Å². The number of aromatic nitrogens is 2. The molecular formula is C10H17N3O. The van der Waals surface area contributed by atoms with Crippen LogP contribution in [-0.4, -0.2) is 22.1 Å². The summed E-state index contributed by atoms with van der Waals surface area (Å²) in [6.45, 7) is 6.27. The minimum absolute atomic E-state index is 0.0562. The number of hydrogen-bond donors (Lipinski definition) is 2. The first-order valence-electron chi connectivity index (χ1n) is 4.94. The summed E-state index contributed by atoms with van der Waals surface area (Å²) >= 11 is 0. The predicted molar refractivity (Wildman–Crippen MR) is 55.0 cm³/mol. The number of amides is 1. The molecular weight excluding hydrogens is 178 g/mol. The van der Waals surface area contributed by atoms with E-state index in [2.05, 4.69) is 36.3 Å². The summed E-state index contributed by atoms with van der Waals surface area (Å²) in [5.41, 5.74) is 0.587. The molecule has 0 aliphatic heterocycles. The van der Waals surface area contributed by atoms with Crippen LogP contribution in [0.5, 0.6) is 0 Å². The van der Waals surface area contributed by atoms with Crippen LogP contribution in [0.1, 0.15) is 37.6 Å². The van der Waals surface area contributed by atoms with Gasteiger partial charge in [-0.25, -0.2) is 0 Å². The molecule has 0 bridgehead atoms. The molecule has 2 N–H and O–H groups in total. The lowest BCUT2D eigenvalue weighted by Crippen LogP contribution is -2.37. The van der Waals surface area contributed by atoms with Crippen molar-refractivity contribution >= 4 is 5.91 Å². The zero-order chi connectivity index (χ0) is 10.6. The number of carbonyl (C=O) groups is 1. The third-order valence-corrected chi connectivity index (χ3v) is 2.32. The van der Waals surface area contributed by atoms with Crippen molar-refractivity contribution in [2.24, 2.45) is 5.92 Å². The molecule has 0 radical (unpaired) electrons. The van der Waals surface area contributed by atoms with Crippen LogP contribution >= 0.6 is 0 Å². The van der Waals surface area contributed by atoms with Gasteiger partial charge >= 0.3 is 0 Å². The summed E-state index contributed by atoms with van der Waals surface area (Å²) in [6, 6.07) is 0.234. The largest absolute Gasteiger partial charge is 0.349 e. The molecule has 0 aliphatic carbocycles. The maximum Gasteiger partial charge on any atom is 0.254 e. The Hall–Kier alpha value is -1.32. The molecule has 4 heteroatoms. The van der Waals surface area contributed by atoms with E-state index in [4.69, 9.17) is 0 Å². The van der Waals surface area contributed by atoms with Gasteiger partial charge < -0.3 is 5.32 Å². The summed E-state index contributed by atoms with van der Waals surface area (Å²) in [5.74, 6) is 0.398. The third kappa shape index (κ3) is 2.58.